The van der Waals surface area contributed by atoms with Gasteiger partial charge in [-0.25, -0.2) is 0 Å². The van der Waals surface area contributed by atoms with E-state index in [0.29, 0.717) is 25.3 Å². The molecule has 7 nitrogen and oxygen atoms in total. The summed E-state index contributed by atoms with van der Waals surface area (Å²) in [6.45, 7) is 1.42. The van der Waals surface area contributed by atoms with Gasteiger partial charge < -0.3 is 37.0 Å². The van der Waals surface area contributed by atoms with Gasteiger partial charge in [-0.2, -0.15) is 0 Å². The molecule has 0 atom stereocenters. The van der Waals surface area contributed by atoms with Crippen molar-refractivity contribution < 1.29 is 15.3 Å². The highest BCUT2D eigenvalue weighted by Gasteiger charge is 2.09. The number of benzene rings is 2. The Morgan fingerprint density at radius 1 is 0.720 bits per heavy atom. The lowest BCUT2D eigenvalue weighted by molar-refractivity contribution is 0.310. The zero-order valence-electron chi connectivity index (χ0n) is 14.1. The lowest BCUT2D eigenvalue weighted by atomic mass is 10.0. The first-order valence-corrected chi connectivity index (χ1v) is 8.27. The summed E-state index contributed by atoms with van der Waals surface area (Å²) in [4.78, 5) is 0. The Kier molecular flexibility index (Phi) is 7.34. The highest BCUT2D eigenvalue weighted by atomic mass is 16.3. The Hall–Kier alpha value is -2.48. The van der Waals surface area contributed by atoms with Gasteiger partial charge in [0.2, 0.25) is 0 Å². The standard InChI is InChI=1S/C18H26N4O3/c19-14-1-2-18(22-5-8-25)17(11-14)13-9-15(20-3-6-23)12-16(10-13)21-4-7-24/h1-2,9-12,20-25H,3-8,19H2. The van der Waals surface area contributed by atoms with Crippen LogP contribution in [0.1, 0.15) is 0 Å². The molecule has 2 rings (SSSR count). The summed E-state index contributed by atoms with van der Waals surface area (Å²) >= 11 is 0. The van der Waals surface area contributed by atoms with Crippen LogP contribution in [0.25, 0.3) is 11.1 Å². The monoisotopic (exact) mass is 346 g/mol. The maximum Gasteiger partial charge on any atom is 0.0604 e. The molecule has 25 heavy (non-hydrogen) atoms. The van der Waals surface area contributed by atoms with Crippen molar-refractivity contribution in [3.63, 3.8) is 0 Å². The van der Waals surface area contributed by atoms with Gasteiger partial charge in [0.25, 0.3) is 0 Å². The molecule has 0 saturated carbocycles. The van der Waals surface area contributed by atoms with Gasteiger partial charge in [-0.1, -0.05) is 0 Å². The molecule has 0 fully saturated rings. The van der Waals surface area contributed by atoms with E-state index in [1.54, 1.807) is 0 Å². The van der Waals surface area contributed by atoms with Crippen LogP contribution in [0.15, 0.2) is 36.4 Å². The van der Waals surface area contributed by atoms with Gasteiger partial charge in [0.1, 0.15) is 0 Å². The fourth-order valence-electron chi connectivity index (χ4n) is 2.53. The third kappa shape index (κ3) is 5.53. The van der Waals surface area contributed by atoms with Crippen molar-refractivity contribution in [1.82, 2.24) is 0 Å². The molecule has 7 heteroatoms. The molecule has 0 radical (unpaired) electrons. The molecule has 0 unspecified atom stereocenters. The van der Waals surface area contributed by atoms with Crippen LogP contribution in [0, 0.1) is 0 Å². The molecule has 0 aromatic heterocycles. The third-order valence-corrected chi connectivity index (χ3v) is 3.60. The van der Waals surface area contributed by atoms with Crippen molar-refractivity contribution in [3.05, 3.63) is 36.4 Å². The molecule has 2 aromatic carbocycles. The lowest BCUT2D eigenvalue weighted by Gasteiger charge is -2.16. The molecule has 0 amide bonds. The van der Waals surface area contributed by atoms with E-state index in [1.165, 1.54) is 0 Å². The Labute approximate surface area is 147 Å². The van der Waals surface area contributed by atoms with Crippen LogP contribution in [0.2, 0.25) is 0 Å². The maximum absolute atomic E-state index is 9.07. The number of hydrogen-bond donors (Lipinski definition) is 7. The molecule has 0 saturated heterocycles. The Bertz CT molecular complexity index is 653. The Morgan fingerprint density at radius 2 is 1.28 bits per heavy atom. The minimum absolute atomic E-state index is 0.0330. The van der Waals surface area contributed by atoms with Crippen molar-refractivity contribution in [2.24, 2.45) is 0 Å². The molecule has 2 aromatic rings. The first-order chi connectivity index (χ1) is 12.2. The number of aliphatic hydroxyl groups excluding tert-OH is 3. The summed E-state index contributed by atoms with van der Waals surface area (Å²) in [6, 6.07) is 11.4. The number of anilines is 4. The minimum Gasteiger partial charge on any atom is -0.399 e. The molecule has 0 heterocycles. The zero-order chi connectivity index (χ0) is 18.1. The summed E-state index contributed by atoms with van der Waals surface area (Å²) in [6.07, 6.45) is 0. The number of rotatable bonds is 10. The number of aliphatic hydroxyl groups is 3. The second-order valence-corrected chi connectivity index (χ2v) is 5.56. The molecular weight excluding hydrogens is 320 g/mol. The third-order valence-electron chi connectivity index (χ3n) is 3.60. The highest BCUT2D eigenvalue weighted by molar-refractivity contribution is 5.84. The van der Waals surface area contributed by atoms with Crippen molar-refractivity contribution in [3.8, 4) is 11.1 Å². The van der Waals surface area contributed by atoms with Crippen molar-refractivity contribution >= 4 is 22.7 Å². The zero-order valence-corrected chi connectivity index (χ0v) is 14.1. The summed E-state index contributed by atoms with van der Waals surface area (Å²) in [7, 11) is 0. The SMILES string of the molecule is Nc1ccc(NCCO)c(-c2cc(NCCO)cc(NCCO)c2)c1. The fourth-order valence-corrected chi connectivity index (χ4v) is 2.53. The first-order valence-electron chi connectivity index (χ1n) is 8.27. The predicted octanol–water partition coefficient (Wildman–Crippen LogP) is 1.15. The predicted molar refractivity (Wildman–Crippen MR) is 103 cm³/mol. The molecule has 136 valence electrons. The average molecular weight is 346 g/mol. The van der Waals surface area contributed by atoms with Gasteiger partial charge in [0, 0.05) is 47.9 Å². The van der Waals surface area contributed by atoms with E-state index in [1.807, 2.05) is 36.4 Å². The van der Waals surface area contributed by atoms with Crippen LogP contribution in [0.3, 0.4) is 0 Å². The van der Waals surface area contributed by atoms with Crippen LogP contribution in [0.5, 0.6) is 0 Å². The van der Waals surface area contributed by atoms with Gasteiger partial charge in [-0.05, 0) is 42.0 Å². The van der Waals surface area contributed by atoms with E-state index < -0.39 is 0 Å². The normalized spacial score (nSPS) is 10.5. The van der Waals surface area contributed by atoms with Crippen LogP contribution in [-0.2, 0) is 0 Å². The second kappa shape index (κ2) is 9.73. The first kappa shape index (κ1) is 18.9. The topological polar surface area (TPSA) is 123 Å². The van der Waals surface area contributed by atoms with Gasteiger partial charge in [-0.15, -0.1) is 0 Å². The Morgan fingerprint density at radius 3 is 1.84 bits per heavy atom. The molecule has 0 spiro atoms. The average Bonchev–Trinajstić information content (AvgIpc) is 2.63. The molecule has 0 aliphatic rings. The molecule has 0 bridgehead atoms. The summed E-state index contributed by atoms with van der Waals surface area (Å²) < 4.78 is 0. The summed E-state index contributed by atoms with van der Waals surface area (Å²) in [5.74, 6) is 0. The number of hydrogen-bond acceptors (Lipinski definition) is 7. The van der Waals surface area contributed by atoms with Gasteiger partial charge in [-0.3, -0.25) is 0 Å². The van der Waals surface area contributed by atoms with Gasteiger partial charge in [0.05, 0.1) is 19.8 Å². The fraction of sp³-hybridized carbons (Fsp3) is 0.333. The highest BCUT2D eigenvalue weighted by Crippen LogP contribution is 2.34. The minimum atomic E-state index is 0.0330. The lowest BCUT2D eigenvalue weighted by Crippen LogP contribution is -2.09. The van der Waals surface area contributed by atoms with Crippen LogP contribution < -0.4 is 21.7 Å². The quantitative estimate of drug-likeness (QED) is 0.322. The number of nitrogens with two attached hydrogens (primary N) is 1. The largest absolute Gasteiger partial charge is 0.399 e. The summed E-state index contributed by atoms with van der Waals surface area (Å²) in [5.41, 5.74) is 11.0. The van der Waals surface area contributed by atoms with E-state index in [-0.39, 0.29) is 19.8 Å². The van der Waals surface area contributed by atoms with Crippen LogP contribution >= 0.6 is 0 Å². The molecule has 0 aliphatic heterocycles. The Balaban J connectivity index is 2.43. The maximum atomic E-state index is 9.07. The van der Waals surface area contributed by atoms with Crippen molar-refractivity contribution in [2.45, 2.75) is 0 Å². The van der Waals surface area contributed by atoms with Crippen molar-refractivity contribution in [1.29, 1.82) is 0 Å². The van der Waals surface area contributed by atoms with Gasteiger partial charge >= 0.3 is 0 Å². The van der Waals surface area contributed by atoms with E-state index in [0.717, 1.165) is 28.2 Å². The molecule has 8 N–H and O–H groups in total. The summed E-state index contributed by atoms with van der Waals surface area (Å²) in [5, 5.41) is 36.6. The van der Waals surface area contributed by atoms with E-state index in [2.05, 4.69) is 16.0 Å². The van der Waals surface area contributed by atoms with E-state index >= 15 is 0 Å². The number of nitrogen functional groups attached to an aromatic ring is 1. The smallest absolute Gasteiger partial charge is 0.0604 e. The second-order valence-electron chi connectivity index (χ2n) is 5.56. The van der Waals surface area contributed by atoms with Gasteiger partial charge in [0.15, 0.2) is 0 Å². The molecule has 0 aliphatic carbocycles. The van der Waals surface area contributed by atoms with E-state index in [9.17, 15) is 0 Å². The van der Waals surface area contributed by atoms with Crippen molar-refractivity contribution in [2.75, 3.05) is 61.1 Å². The number of nitrogens with one attached hydrogen (secondary N) is 3. The van der Waals surface area contributed by atoms with Crippen LogP contribution in [-0.4, -0.2) is 54.8 Å². The molecular formula is C18H26N4O3. The van der Waals surface area contributed by atoms with Crippen LogP contribution in [0.4, 0.5) is 22.7 Å². The van der Waals surface area contributed by atoms with E-state index in [4.69, 9.17) is 21.1 Å².